The maximum Gasteiger partial charge on any atom is 0.238 e. The van der Waals surface area contributed by atoms with Crippen molar-refractivity contribution < 1.29 is 24.2 Å². The van der Waals surface area contributed by atoms with E-state index in [2.05, 4.69) is 11.1 Å². The number of imide groups is 1. The van der Waals surface area contributed by atoms with Crippen LogP contribution in [0.5, 0.6) is 11.5 Å². The second-order valence-corrected chi connectivity index (χ2v) is 11.8. The number of para-hydroxylation sites is 2. The van der Waals surface area contributed by atoms with Gasteiger partial charge in [0.05, 0.1) is 35.9 Å². The van der Waals surface area contributed by atoms with Crippen molar-refractivity contribution >= 4 is 29.2 Å². The number of pyridine rings is 1. The third kappa shape index (κ3) is 5.79. The average molecular weight is 599 g/mol. The van der Waals surface area contributed by atoms with Gasteiger partial charge in [-0.3, -0.25) is 19.5 Å². The predicted octanol–water partition coefficient (Wildman–Crippen LogP) is 6.71. The number of rotatable bonds is 9. The third-order valence-corrected chi connectivity index (χ3v) is 9.08. The van der Waals surface area contributed by atoms with Gasteiger partial charge in [-0.25, -0.2) is 0 Å². The Bertz CT molecular complexity index is 1740. The molecule has 1 N–H and O–H groups in total. The van der Waals surface area contributed by atoms with Gasteiger partial charge >= 0.3 is 0 Å². The Labute approximate surface area is 262 Å². The van der Waals surface area contributed by atoms with Crippen LogP contribution in [0.4, 0.5) is 5.69 Å². The van der Waals surface area contributed by atoms with Crippen LogP contribution in [-0.4, -0.2) is 41.2 Å². The summed E-state index contributed by atoms with van der Waals surface area (Å²) in [6.07, 6.45) is 5.49. The molecule has 4 aromatic rings. The number of fused-ring (bicyclic) bond motifs is 3. The van der Waals surface area contributed by atoms with E-state index in [0.29, 0.717) is 38.2 Å². The number of amides is 2. The van der Waals surface area contributed by atoms with Crippen molar-refractivity contribution in [3.05, 3.63) is 132 Å². The summed E-state index contributed by atoms with van der Waals surface area (Å²) < 4.78 is 12.7. The molecule has 1 aliphatic carbocycles. The predicted molar refractivity (Wildman–Crippen MR) is 172 cm³/mol. The summed E-state index contributed by atoms with van der Waals surface area (Å²) in [5, 5.41) is 9.77. The first-order valence-electron chi connectivity index (χ1n) is 15.4. The SMILES string of the molecule is O=C1[C@@H]2[C@@H](CC(COc3ccccc3)=C3[C@@H](CC/C(=C/c4ccc(O)cc4)c4ccccn4)OC[C@@H]32)C(=O)N1c1ccccc1. The van der Waals surface area contributed by atoms with Gasteiger partial charge in [0, 0.05) is 12.1 Å². The molecule has 2 saturated heterocycles. The number of nitrogens with zero attached hydrogens (tertiary/aromatic N) is 2. The molecule has 1 aromatic heterocycles. The minimum Gasteiger partial charge on any atom is -0.508 e. The van der Waals surface area contributed by atoms with Crippen molar-refractivity contribution in [3.63, 3.8) is 0 Å². The van der Waals surface area contributed by atoms with Gasteiger partial charge in [-0.2, -0.15) is 0 Å². The molecular formula is C38H34N2O5. The van der Waals surface area contributed by atoms with Gasteiger partial charge in [0.1, 0.15) is 18.1 Å². The standard InChI is InChI=1S/C38H34N2O5/c41-29-17-14-25(15-18-29)21-26(33-13-7-8-20-39-33)16-19-34-35-27(23-44-30-11-5-2-6-12-30)22-31-36(32(35)24-45-34)38(43)40(37(31)42)28-9-3-1-4-10-28/h1-15,17-18,20-21,31-32,34,36,41H,16,19,22-24H2/b26-21-/t31-,32+,34-,36-/m1/s1. The van der Waals surface area contributed by atoms with Gasteiger partial charge in [0.25, 0.3) is 0 Å². The Hall–Kier alpha value is -5.01. The molecule has 0 spiro atoms. The summed E-state index contributed by atoms with van der Waals surface area (Å²) >= 11 is 0. The molecule has 3 heterocycles. The zero-order valence-corrected chi connectivity index (χ0v) is 24.8. The van der Waals surface area contributed by atoms with Crippen LogP contribution >= 0.6 is 0 Å². The number of anilines is 1. The molecule has 226 valence electrons. The number of aromatic nitrogens is 1. The Morgan fingerprint density at radius 1 is 0.889 bits per heavy atom. The van der Waals surface area contributed by atoms with Gasteiger partial charge in [-0.1, -0.05) is 54.6 Å². The van der Waals surface area contributed by atoms with Gasteiger partial charge < -0.3 is 14.6 Å². The van der Waals surface area contributed by atoms with Crippen LogP contribution in [-0.2, 0) is 14.3 Å². The number of phenolic OH excluding ortho intramolecular Hbond substituents is 1. The molecule has 7 rings (SSSR count). The van der Waals surface area contributed by atoms with Gasteiger partial charge in [0.15, 0.2) is 0 Å². The third-order valence-electron chi connectivity index (χ3n) is 9.08. The van der Waals surface area contributed by atoms with Gasteiger partial charge in [-0.15, -0.1) is 0 Å². The van der Waals surface area contributed by atoms with E-state index in [1.165, 1.54) is 4.90 Å². The quantitative estimate of drug-likeness (QED) is 0.170. The Morgan fingerprint density at radius 3 is 2.36 bits per heavy atom. The lowest BCUT2D eigenvalue weighted by Crippen LogP contribution is -2.35. The van der Waals surface area contributed by atoms with Crippen LogP contribution in [0.2, 0.25) is 0 Å². The Kier molecular flexibility index (Phi) is 8.01. The van der Waals surface area contributed by atoms with Crippen LogP contribution in [0.15, 0.2) is 120 Å². The normalized spacial score (nSPS) is 22.8. The summed E-state index contributed by atoms with van der Waals surface area (Å²) in [5.41, 5.74) is 5.65. The van der Waals surface area contributed by atoms with Crippen molar-refractivity contribution in [1.29, 1.82) is 0 Å². The van der Waals surface area contributed by atoms with Crippen molar-refractivity contribution in [2.24, 2.45) is 17.8 Å². The molecule has 2 aliphatic heterocycles. The maximum absolute atomic E-state index is 13.9. The second kappa shape index (κ2) is 12.5. The molecule has 0 unspecified atom stereocenters. The molecule has 7 nitrogen and oxygen atoms in total. The molecule has 2 amide bonds. The number of benzene rings is 3. The molecular weight excluding hydrogens is 564 g/mol. The molecule has 2 fully saturated rings. The van der Waals surface area contributed by atoms with Crippen molar-refractivity contribution in [1.82, 2.24) is 4.98 Å². The monoisotopic (exact) mass is 598 g/mol. The highest BCUT2D eigenvalue weighted by atomic mass is 16.5. The lowest BCUT2D eigenvalue weighted by atomic mass is 9.69. The first-order valence-corrected chi connectivity index (χ1v) is 15.4. The van der Waals surface area contributed by atoms with Crippen LogP contribution in [0.25, 0.3) is 11.6 Å². The molecule has 3 aromatic carbocycles. The maximum atomic E-state index is 13.9. The highest BCUT2D eigenvalue weighted by Crippen LogP contribution is 2.50. The zero-order valence-electron chi connectivity index (χ0n) is 24.8. The van der Waals surface area contributed by atoms with E-state index in [9.17, 15) is 14.7 Å². The fourth-order valence-electron chi connectivity index (χ4n) is 7.01. The fourth-order valence-corrected chi connectivity index (χ4v) is 7.01. The first kappa shape index (κ1) is 28.7. The molecule has 4 atom stereocenters. The number of aromatic hydroxyl groups is 1. The number of carbonyl (C=O) groups excluding carboxylic acids is 2. The van der Waals surface area contributed by atoms with Crippen molar-refractivity contribution in [2.45, 2.75) is 25.4 Å². The fraction of sp³-hybridized carbons (Fsp3) is 0.237. The van der Waals surface area contributed by atoms with Crippen LogP contribution < -0.4 is 9.64 Å². The van der Waals surface area contributed by atoms with E-state index in [-0.39, 0.29) is 29.6 Å². The van der Waals surface area contributed by atoms with Crippen LogP contribution in [0.3, 0.4) is 0 Å². The molecule has 45 heavy (non-hydrogen) atoms. The van der Waals surface area contributed by atoms with E-state index in [1.807, 2.05) is 91.0 Å². The molecule has 3 aliphatic rings. The smallest absolute Gasteiger partial charge is 0.238 e. The summed E-state index contributed by atoms with van der Waals surface area (Å²) in [7, 11) is 0. The highest BCUT2D eigenvalue weighted by molar-refractivity contribution is 6.22. The summed E-state index contributed by atoms with van der Waals surface area (Å²) in [6, 6.07) is 31.8. The number of ether oxygens (including phenoxy) is 2. The lowest BCUT2D eigenvalue weighted by Gasteiger charge is -2.31. The number of hydrogen-bond donors (Lipinski definition) is 1. The van der Waals surface area contributed by atoms with E-state index < -0.39 is 11.8 Å². The number of hydrogen-bond acceptors (Lipinski definition) is 6. The first-order chi connectivity index (χ1) is 22.1. The summed E-state index contributed by atoms with van der Waals surface area (Å²) in [4.78, 5) is 33.7. The number of phenols is 1. The van der Waals surface area contributed by atoms with Crippen molar-refractivity contribution in [3.8, 4) is 11.5 Å². The topological polar surface area (TPSA) is 89.0 Å². The Balaban J connectivity index is 1.20. The Morgan fingerprint density at radius 2 is 1.62 bits per heavy atom. The van der Waals surface area contributed by atoms with Crippen LogP contribution in [0.1, 0.15) is 30.5 Å². The minimum atomic E-state index is -0.457. The van der Waals surface area contributed by atoms with E-state index in [1.54, 1.807) is 18.3 Å². The van der Waals surface area contributed by atoms with E-state index in [0.717, 1.165) is 33.7 Å². The molecule has 0 bridgehead atoms. The highest BCUT2D eigenvalue weighted by Gasteiger charge is 2.57. The van der Waals surface area contributed by atoms with E-state index >= 15 is 0 Å². The largest absolute Gasteiger partial charge is 0.508 e. The zero-order chi connectivity index (χ0) is 30.8. The summed E-state index contributed by atoms with van der Waals surface area (Å²) in [6.45, 7) is 0.723. The molecule has 7 heteroatoms. The van der Waals surface area contributed by atoms with Crippen molar-refractivity contribution in [2.75, 3.05) is 18.1 Å². The summed E-state index contributed by atoms with van der Waals surface area (Å²) in [5.74, 6) is -0.405. The average Bonchev–Trinajstić information content (AvgIpc) is 3.61. The second-order valence-electron chi connectivity index (χ2n) is 11.8. The number of allylic oxidation sites excluding steroid dienone is 1. The van der Waals surface area contributed by atoms with E-state index in [4.69, 9.17) is 9.47 Å². The van der Waals surface area contributed by atoms with Gasteiger partial charge in [-0.05, 0) is 96.2 Å². The molecule has 0 saturated carbocycles. The number of carbonyl (C=O) groups is 2. The lowest BCUT2D eigenvalue weighted by molar-refractivity contribution is -0.122. The van der Waals surface area contributed by atoms with Crippen LogP contribution in [0, 0.1) is 17.8 Å². The molecule has 0 radical (unpaired) electrons. The minimum absolute atomic E-state index is 0.146. The van der Waals surface area contributed by atoms with Gasteiger partial charge in [0.2, 0.25) is 11.8 Å².